The zero-order valence-corrected chi connectivity index (χ0v) is 23.0. The number of hydrogen-bond donors (Lipinski definition) is 0. The lowest BCUT2D eigenvalue weighted by Crippen LogP contribution is -2.21. The van der Waals surface area contributed by atoms with Crippen molar-refractivity contribution in [3.63, 3.8) is 0 Å². The maximum absolute atomic E-state index is 11.6. The Labute approximate surface area is 215 Å². The van der Waals surface area contributed by atoms with Gasteiger partial charge in [-0.25, -0.2) is 0 Å². The lowest BCUT2D eigenvalue weighted by Gasteiger charge is -2.15. The van der Waals surface area contributed by atoms with Crippen LogP contribution < -0.4 is 0 Å². The van der Waals surface area contributed by atoms with Crippen LogP contribution in [0.4, 0.5) is 0 Å². The molecular formula is C30H39N3O3. The van der Waals surface area contributed by atoms with Gasteiger partial charge in [0, 0.05) is 58.4 Å². The monoisotopic (exact) mass is 489 g/mol. The Hall–Kier alpha value is -3.54. The molecule has 0 spiro atoms. The van der Waals surface area contributed by atoms with E-state index in [1.165, 1.54) is 0 Å². The highest BCUT2D eigenvalue weighted by molar-refractivity contribution is 6.00. The molecule has 0 N–H and O–H groups in total. The summed E-state index contributed by atoms with van der Waals surface area (Å²) < 4.78 is 0. The van der Waals surface area contributed by atoms with Gasteiger partial charge in [0.1, 0.15) is 5.69 Å². The van der Waals surface area contributed by atoms with Crippen molar-refractivity contribution in [3.05, 3.63) is 90.3 Å². The molecule has 0 aliphatic carbocycles. The largest absolute Gasteiger partial charge is 0.294 e. The SMILES string of the molecule is CC(C)(C)C(=O)c1ccccn1.CC(C)(C)C(=O)c1cccnc1.CC(C)(C)C(=O)c1ccncc1. The van der Waals surface area contributed by atoms with Crippen LogP contribution in [0.25, 0.3) is 0 Å². The number of aromatic nitrogens is 3. The molecule has 0 unspecified atom stereocenters. The number of Topliss-reactive ketones (excluding diaryl/α,β-unsaturated/α-hetero) is 3. The lowest BCUT2D eigenvalue weighted by molar-refractivity contribution is 0.0848. The van der Waals surface area contributed by atoms with Gasteiger partial charge in [-0.2, -0.15) is 0 Å². The fourth-order valence-electron chi connectivity index (χ4n) is 2.75. The molecule has 36 heavy (non-hydrogen) atoms. The van der Waals surface area contributed by atoms with Crippen molar-refractivity contribution < 1.29 is 14.4 Å². The van der Waals surface area contributed by atoms with Crippen LogP contribution in [0.15, 0.2) is 73.4 Å². The van der Waals surface area contributed by atoms with E-state index in [0.717, 1.165) is 5.56 Å². The molecule has 3 heterocycles. The summed E-state index contributed by atoms with van der Waals surface area (Å²) in [6.07, 6.45) is 8.18. The highest BCUT2D eigenvalue weighted by Crippen LogP contribution is 2.21. The van der Waals surface area contributed by atoms with Crippen molar-refractivity contribution in [2.24, 2.45) is 16.2 Å². The van der Waals surface area contributed by atoms with E-state index in [2.05, 4.69) is 15.0 Å². The summed E-state index contributed by atoms with van der Waals surface area (Å²) in [7, 11) is 0. The second-order valence-electron chi connectivity index (χ2n) is 11.4. The fraction of sp³-hybridized carbons (Fsp3) is 0.400. The van der Waals surface area contributed by atoms with Crippen LogP contribution in [0.2, 0.25) is 0 Å². The number of pyridine rings is 3. The third-order valence-corrected chi connectivity index (χ3v) is 4.81. The molecule has 0 bridgehead atoms. The second-order valence-corrected chi connectivity index (χ2v) is 11.4. The number of rotatable bonds is 3. The molecule has 0 amide bonds. The Morgan fingerprint density at radius 3 is 1.47 bits per heavy atom. The van der Waals surface area contributed by atoms with Crippen LogP contribution in [-0.2, 0) is 0 Å². The first-order valence-corrected chi connectivity index (χ1v) is 11.9. The van der Waals surface area contributed by atoms with Crippen molar-refractivity contribution >= 4 is 17.3 Å². The molecule has 0 aliphatic rings. The van der Waals surface area contributed by atoms with E-state index < -0.39 is 0 Å². The standard InChI is InChI=1S/3C10H13NO/c1-10(2,3)9(12)8-4-6-11-7-5-8;1-10(2,3)9(12)8-5-4-6-11-7-8;1-10(2,3)9(12)8-6-4-5-7-11-8/h3*4-7H,1-3H3. The van der Waals surface area contributed by atoms with E-state index in [4.69, 9.17) is 0 Å². The summed E-state index contributed by atoms with van der Waals surface area (Å²) in [5.41, 5.74) is 1.01. The first-order valence-electron chi connectivity index (χ1n) is 11.9. The average molecular weight is 490 g/mol. The highest BCUT2D eigenvalue weighted by atomic mass is 16.1. The van der Waals surface area contributed by atoms with Crippen LogP contribution in [0.1, 0.15) is 93.5 Å². The zero-order valence-electron chi connectivity index (χ0n) is 23.0. The van der Waals surface area contributed by atoms with Crippen LogP contribution in [0.5, 0.6) is 0 Å². The predicted octanol–water partition coefficient (Wildman–Crippen LogP) is 6.93. The minimum Gasteiger partial charge on any atom is -0.294 e. The number of ketones is 3. The van der Waals surface area contributed by atoms with Crippen LogP contribution in [0, 0.1) is 16.2 Å². The second kappa shape index (κ2) is 13.0. The van der Waals surface area contributed by atoms with Crippen LogP contribution in [-0.4, -0.2) is 32.3 Å². The molecule has 6 heteroatoms. The molecule has 0 aromatic carbocycles. The van der Waals surface area contributed by atoms with E-state index in [0.29, 0.717) is 11.3 Å². The normalized spacial score (nSPS) is 11.2. The third-order valence-electron chi connectivity index (χ3n) is 4.81. The lowest BCUT2D eigenvalue weighted by atomic mass is 9.87. The predicted molar refractivity (Wildman–Crippen MR) is 144 cm³/mol. The zero-order chi connectivity index (χ0) is 27.6. The minimum absolute atomic E-state index is 0.0862. The van der Waals surface area contributed by atoms with E-state index in [1.54, 1.807) is 67.4 Å². The summed E-state index contributed by atoms with van der Waals surface area (Å²) in [4.78, 5) is 46.6. The van der Waals surface area contributed by atoms with Gasteiger partial charge in [0.2, 0.25) is 0 Å². The van der Waals surface area contributed by atoms with Crippen molar-refractivity contribution in [3.8, 4) is 0 Å². The topological polar surface area (TPSA) is 89.9 Å². The Morgan fingerprint density at radius 1 is 0.528 bits per heavy atom. The van der Waals surface area contributed by atoms with Gasteiger partial charge in [0.05, 0.1) is 0 Å². The first-order chi connectivity index (χ1) is 16.5. The summed E-state index contributed by atoms with van der Waals surface area (Å²) in [5.74, 6) is 0.378. The molecule has 192 valence electrons. The number of hydrogen-bond acceptors (Lipinski definition) is 6. The van der Waals surface area contributed by atoms with Gasteiger partial charge in [-0.15, -0.1) is 0 Å². The minimum atomic E-state index is -0.339. The molecule has 0 saturated carbocycles. The molecule has 3 aromatic rings. The smallest absolute Gasteiger partial charge is 0.186 e. The summed E-state index contributed by atoms with van der Waals surface area (Å²) in [5, 5.41) is 0. The van der Waals surface area contributed by atoms with Crippen molar-refractivity contribution in [1.82, 2.24) is 15.0 Å². The molecule has 0 aliphatic heterocycles. The van der Waals surface area contributed by atoms with E-state index >= 15 is 0 Å². The molecule has 0 atom stereocenters. The summed E-state index contributed by atoms with van der Waals surface area (Å²) in [6, 6.07) is 12.4. The molecule has 6 nitrogen and oxygen atoms in total. The van der Waals surface area contributed by atoms with Gasteiger partial charge in [-0.3, -0.25) is 29.3 Å². The van der Waals surface area contributed by atoms with Gasteiger partial charge in [-0.1, -0.05) is 68.4 Å². The number of carbonyl (C=O) groups is 3. The molecule has 0 radical (unpaired) electrons. The van der Waals surface area contributed by atoms with Gasteiger partial charge >= 0.3 is 0 Å². The van der Waals surface area contributed by atoms with Crippen molar-refractivity contribution in [2.75, 3.05) is 0 Å². The van der Waals surface area contributed by atoms with E-state index in [-0.39, 0.29) is 33.6 Å². The fourth-order valence-corrected chi connectivity index (χ4v) is 2.75. The average Bonchev–Trinajstić information content (AvgIpc) is 2.83. The summed E-state index contributed by atoms with van der Waals surface area (Å²) in [6.45, 7) is 17.1. The van der Waals surface area contributed by atoms with Crippen molar-refractivity contribution in [1.29, 1.82) is 0 Å². The number of carbonyl (C=O) groups excluding carboxylic acids is 3. The van der Waals surface area contributed by atoms with Crippen molar-refractivity contribution in [2.45, 2.75) is 62.3 Å². The Balaban J connectivity index is 0.000000270. The third kappa shape index (κ3) is 10.4. The van der Waals surface area contributed by atoms with Gasteiger partial charge in [0.15, 0.2) is 17.3 Å². The van der Waals surface area contributed by atoms with E-state index in [9.17, 15) is 14.4 Å². The molecule has 3 aromatic heterocycles. The molecular weight excluding hydrogens is 450 g/mol. The van der Waals surface area contributed by atoms with Gasteiger partial charge < -0.3 is 0 Å². The Bertz CT molecular complexity index is 961. The van der Waals surface area contributed by atoms with Crippen LogP contribution in [0.3, 0.4) is 0 Å². The number of nitrogens with zero attached hydrogens (tertiary/aromatic N) is 3. The van der Waals surface area contributed by atoms with Gasteiger partial charge in [-0.05, 0) is 36.4 Å². The molecule has 0 fully saturated rings. The Kier molecular flexibility index (Phi) is 11.0. The maximum atomic E-state index is 11.6. The molecule has 3 rings (SSSR count). The van der Waals surface area contributed by atoms with Gasteiger partial charge in [0.25, 0.3) is 0 Å². The quantitative estimate of drug-likeness (QED) is 0.371. The summed E-state index contributed by atoms with van der Waals surface area (Å²) >= 11 is 0. The molecule has 0 saturated heterocycles. The highest BCUT2D eigenvalue weighted by Gasteiger charge is 2.24. The Morgan fingerprint density at radius 2 is 1.06 bits per heavy atom. The van der Waals surface area contributed by atoms with E-state index in [1.807, 2.05) is 68.4 Å². The first kappa shape index (κ1) is 30.5. The van der Waals surface area contributed by atoms with Crippen LogP contribution >= 0.6 is 0 Å². The maximum Gasteiger partial charge on any atom is 0.186 e.